The summed E-state index contributed by atoms with van der Waals surface area (Å²) < 4.78 is 86.8. The molecule has 3 aromatic carbocycles. The van der Waals surface area contributed by atoms with Crippen molar-refractivity contribution in [2.45, 2.75) is 110 Å². The Labute approximate surface area is 394 Å². The molecule has 3 atom stereocenters. The maximum Gasteiger partial charge on any atom is 0.418 e. The molecular weight excluding hydrogens is 890 g/mol. The van der Waals surface area contributed by atoms with Gasteiger partial charge in [0.1, 0.15) is 40.4 Å². The van der Waals surface area contributed by atoms with E-state index in [-0.39, 0.29) is 58.5 Å². The number of hydrogen-bond acceptors (Lipinski definition) is 11. The molecule has 17 heteroatoms. The van der Waals surface area contributed by atoms with Crippen LogP contribution in [0.3, 0.4) is 0 Å². The van der Waals surface area contributed by atoms with Gasteiger partial charge >= 0.3 is 18.3 Å². The van der Waals surface area contributed by atoms with E-state index in [0.717, 1.165) is 43.5 Å². The number of carbonyl (C=O) groups is 1. The van der Waals surface area contributed by atoms with Crippen molar-refractivity contribution >= 4 is 40.2 Å². The molecule has 0 spiro atoms. The van der Waals surface area contributed by atoms with Crippen LogP contribution >= 0.6 is 11.6 Å². The highest BCUT2D eigenvalue weighted by Crippen LogP contribution is 2.46. The Morgan fingerprint density at radius 3 is 1.99 bits per heavy atom. The first-order valence-corrected chi connectivity index (χ1v) is 23.2. The van der Waals surface area contributed by atoms with Gasteiger partial charge in [0, 0.05) is 38.1 Å². The number of anilines is 2. The smallest absolute Gasteiger partial charge is 0.418 e. The molecule has 0 radical (unpaired) electrons. The number of hydrogen-bond donors (Lipinski definition) is 0. The number of nitrogens with zero attached hydrogens (tertiary/aromatic N) is 7. The number of aromatic nitrogens is 3. The summed E-state index contributed by atoms with van der Waals surface area (Å²) in [5, 5.41) is -0.113. The molecule has 5 aromatic rings. The van der Waals surface area contributed by atoms with Gasteiger partial charge in [-0.05, 0) is 126 Å². The standard InChI is InChI=1S/C50H58ClF4N7O5/c1-30-23-40(60(26-32-11-17-36(64-6)18-12-32)27-33-13-19-37(65-7)20-14-33)56-45(42(30)50(53,54)55)41-39(51)24-38-44(43(41)52)57-47(66-31(2)25-59-21-9-8-10-22-59)58-46(38)61-28-34-15-16-35(29-61)62(34)48(63)67-49(3,4)5/h11-14,17-20,23-24,31,34-35H,8-10,15-16,21-22,25-29H2,1-7H3. The fraction of sp³-hybridized carbons (Fsp3) is 0.480. The Kier molecular flexibility index (Phi) is 14.0. The van der Waals surface area contributed by atoms with Crippen molar-refractivity contribution in [3.8, 4) is 28.8 Å². The van der Waals surface area contributed by atoms with Crippen LogP contribution in [0.1, 0.15) is 82.1 Å². The van der Waals surface area contributed by atoms with Gasteiger partial charge in [0.05, 0.1) is 48.1 Å². The van der Waals surface area contributed by atoms with Crippen LogP contribution in [0.2, 0.25) is 5.02 Å². The van der Waals surface area contributed by atoms with Crippen LogP contribution in [0.15, 0.2) is 60.7 Å². The van der Waals surface area contributed by atoms with Crippen molar-refractivity contribution in [3.05, 3.63) is 93.8 Å². The van der Waals surface area contributed by atoms with Crippen molar-refractivity contribution in [1.29, 1.82) is 0 Å². The second-order valence-corrected chi connectivity index (χ2v) is 19.2. The Bertz CT molecular complexity index is 2510. The Morgan fingerprint density at radius 2 is 1.45 bits per heavy atom. The predicted molar refractivity (Wildman–Crippen MR) is 251 cm³/mol. The van der Waals surface area contributed by atoms with E-state index >= 15 is 17.6 Å². The first kappa shape index (κ1) is 47.9. The number of halogens is 5. The molecule has 0 aliphatic carbocycles. The molecule has 8 rings (SSSR count). The van der Waals surface area contributed by atoms with Gasteiger partial charge in [-0.25, -0.2) is 14.2 Å². The van der Waals surface area contributed by atoms with E-state index in [1.165, 1.54) is 19.1 Å². The van der Waals surface area contributed by atoms with Crippen LogP contribution in [-0.2, 0) is 24.0 Å². The zero-order valence-electron chi connectivity index (χ0n) is 39.1. The van der Waals surface area contributed by atoms with Crippen molar-refractivity contribution in [1.82, 2.24) is 24.8 Å². The third kappa shape index (κ3) is 10.8. The SMILES string of the molecule is COc1ccc(CN(Cc2ccc(OC)cc2)c2cc(C)c(C(F)(F)F)c(-c3c(Cl)cc4c(N5CC6CCC(C5)N6C(=O)OC(C)(C)C)nc(OC(C)CN5CCCCC5)nc4c3F)n2)cc1. The highest BCUT2D eigenvalue weighted by atomic mass is 35.5. The van der Waals surface area contributed by atoms with Crippen molar-refractivity contribution in [3.63, 3.8) is 0 Å². The minimum absolute atomic E-state index is 0.125. The van der Waals surface area contributed by atoms with Crippen molar-refractivity contribution < 1.29 is 41.3 Å². The lowest BCUT2D eigenvalue weighted by Gasteiger charge is -2.42. The van der Waals surface area contributed by atoms with Crippen LogP contribution < -0.4 is 24.0 Å². The lowest BCUT2D eigenvalue weighted by atomic mass is 9.98. The molecule has 0 saturated carbocycles. The molecule has 358 valence electrons. The lowest BCUT2D eigenvalue weighted by molar-refractivity contribution is -0.137. The number of pyridine rings is 1. The number of benzene rings is 3. The number of aryl methyl sites for hydroxylation is 1. The van der Waals surface area contributed by atoms with Crippen LogP contribution in [0.25, 0.3) is 22.2 Å². The summed E-state index contributed by atoms with van der Waals surface area (Å²) in [7, 11) is 3.13. The minimum Gasteiger partial charge on any atom is -0.497 e. The number of carbonyl (C=O) groups excluding carboxylic acids is 1. The molecule has 3 fully saturated rings. The van der Waals surface area contributed by atoms with E-state index in [1.807, 2.05) is 61.8 Å². The molecule has 5 heterocycles. The normalized spacial score (nSPS) is 18.3. The van der Waals surface area contributed by atoms with Crippen molar-refractivity contribution in [2.24, 2.45) is 0 Å². The highest BCUT2D eigenvalue weighted by molar-refractivity contribution is 6.34. The summed E-state index contributed by atoms with van der Waals surface area (Å²) in [4.78, 5) is 35.4. The average Bonchev–Trinajstić information content (AvgIpc) is 3.55. The number of rotatable bonds is 13. The first-order chi connectivity index (χ1) is 31.9. The minimum atomic E-state index is -4.95. The number of methoxy groups -OCH3 is 2. The number of fused-ring (bicyclic) bond motifs is 3. The molecule has 3 aliphatic heterocycles. The Hall–Kier alpha value is -5.61. The third-order valence-corrected chi connectivity index (χ3v) is 12.9. The van der Waals surface area contributed by atoms with E-state index in [2.05, 4.69) is 14.9 Å². The lowest BCUT2D eigenvalue weighted by Crippen LogP contribution is -2.57. The zero-order chi connectivity index (χ0) is 47.8. The maximum absolute atomic E-state index is 17.8. The fourth-order valence-corrected chi connectivity index (χ4v) is 9.84. The summed E-state index contributed by atoms with van der Waals surface area (Å²) in [6, 6.07) is 16.9. The van der Waals surface area contributed by atoms with Crippen LogP contribution in [0, 0.1) is 12.7 Å². The van der Waals surface area contributed by atoms with Gasteiger partial charge in [0.15, 0.2) is 5.82 Å². The highest BCUT2D eigenvalue weighted by Gasteiger charge is 2.45. The molecule has 67 heavy (non-hydrogen) atoms. The quantitative estimate of drug-likeness (QED) is 0.105. The van der Waals surface area contributed by atoms with Gasteiger partial charge in [-0.3, -0.25) is 9.80 Å². The number of piperidine rings is 1. The molecule has 2 bridgehead atoms. The van der Waals surface area contributed by atoms with Gasteiger partial charge in [0.2, 0.25) is 0 Å². The number of alkyl halides is 3. The van der Waals surface area contributed by atoms with E-state index in [1.54, 1.807) is 43.4 Å². The first-order valence-electron chi connectivity index (χ1n) is 22.8. The maximum atomic E-state index is 17.8. The van der Waals surface area contributed by atoms with Gasteiger partial charge in [-0.15, -0.1) is 0 Å². The van der Waals surface area contributed by atoms with Gasteiger partial charge in [-0.1, -0.05) is 42.3 Å². The summed E-state index contributed by atoms with van der Waals surface area (Å²) >= 11 is 7.04. The largest absolute Gasteiger partial charge is 0.497 e. The summed E-state index contributed by atoms with van der Waals surface area (Å²) in [5.74, 6) is 0.661. The van der Waals surface area contributed by atoms with E-state index in [4.69, 9.17) is 35.5 Å². The van der Waals surface area contributed by atoms with Crippen LogP contribution in [0.5, 0.6) is 17.5 Å². The molecule has 3 unspecified atom stereocenters. The average molecular weight is 949 g/mol. The molecule has 3 aliphatic rings. The third-order valence-electron chi connectivity index (χ3n) is 12.6. The van der Waals surface area contributed by atoms with Gasteiger partial charge in [-0.2, -0.15) is 23.1 Å². The number of ether oxygens (including phenoxy) is 4. The topological polar surface area (TPSA) is 106 Å². The number of likely N-dealkylation sites (tertiary alicyclic amines) is 1. The molecule has 1 amide bonds. The van der Waals surface area contributed by atoms with Crippen LogP contribution in [0.4, 0.5) is 34.0 Å². The predicted octanol–water partition coefficient (Wildman–Crippen LogP) is 10.9. The summed E-state index contributed by atoms with van der Waals surface area (Å²) in [5.41, 5.74) is -1.81. The van der Waals surface area contributed by atoms with E-state index in [9.17, 15) is 4.79 Å². The van der Waals surface area contributed by atoms with Crippen molar-refractivity contribution in [2.75, 3.05) is 56.7 Å². The second-order valence-electron chi connectivity index (χ2n) is 18.8. The monoisotopic (exact) mass is 947 g/mol. The molecule has 3 saturated heterocycles. The molecule has 2 aromatic heterocycles. The van der Waals surface area contributed by atoms with E-state index < -0.39 is 46.6 Å². The number of amides is 1. The zero-order valence-corrected chi connectivity index (χ0v) is 39.8. The molecule has 12 nitrogen and oxygen atoms in total. The molecule has 0 N–H and O–H groups in total. The second kappa shape index (κ2) is 19.5. The van der Waals surface area contributed by atoms with Crippen LogP contribution in [-0.4, -0.2) is 102 Å². The van der Waals surface area contributed by atoms with Gasteiger partial charge < -0.3 is 28.7 Å². The fourth-order valence-electron chi connectivity index (χ4n) is 9.56. The Balaban J connectivity index is 1.25. The summed E-state index contributed by atoms with van der Waals surface area (Å²) in [6.07, 6.45) is -1.02. The van der Waals surface area contributed by atoms with E-state index in [0.29, 0.717) is 49.8 Å². The molecular formula is C50H58ClF4N7O5. The number of piperazine rings is 1. The summed E-state index contributed by atoms with van der Waals surface area (Å²) in [6.45, 7) is 12.3. The Morgan fingerprint density at radius 1 is 0.866 bits per heavy atom. The van der Waals surface area contributed by atoms with Gasteiger partial charge in [0.25, 0.3) is 0 Å².